The number of benzene rings is 1. The second kappa shape index (κ2) is 9.34. The van der Waals surface area contributed by atoms with Gasteiger partial charge in [0.15, 0.2) is 0 Å². The number of carbonyl (C=O) groups excluding carboxylic acids is 4. The zero-order chi connectivity index (χ0) is 23.7. The SMILES string of the molecule is O=C1CCC(N2C(=O)c3ccc(CNCCCc4ccc5c(n4)NCCC5)cc3C2=O)C(=O)N1. The zero-order valence-corrected chi connectivity index (χ0v) is 18.9. The second-order valence-electron chi connectivity index (χ2n) is 8.95. The summed E-state index contributed by atoms with van der Waals surface area (Å²) in [6.45, 7) is 2.33. The maximum Gasteiger partial charge on any atom is 0.262 e. The van der Waals surface area contributed by atoms with Gasteiger partial charge in [0.1, 0.15) is 11.9 Å². The summed E-state index contributed by atoms with van der Waals surface area (Å²) in [6.07, 6.45) is 4.29. The molecule has 34 heavy (non-hydrogen) atoms. The van der Waals surface area contributed by atoms with Gasteiger partial charge >= 0.3 is 0 Å². The van der Waals surface area contributed by atoms with Gasteiger partial charge in [-0.15, -0.1) is 0 Å². The molecule has 3 N–H and O–H groups in total. The lowest BCUT2D eigenvalue weighted by atomic mass is 10.0. The Morgan fingerprint density at radius 2 is 1.88 bits per heavy atom. The van der Waals surface area contributed by atoms with E-state index in [9.17, 15) is 19.2 Å². The van der Waals surface area contributed by atoms with Crippen LogP contribution in [0.1, 0.15) is 63.2 Å². The van der Waals surface area contributed by atoms with Crippen LogP contribution in [0.25, 0.3) is 0 Å². The van der Waals surface area contributed by atoms with Crippen molar-refractivity contribution in [1.29, 1.82) is 0 Å². The van der Waals surface area contributed by atoms with Crippen molar-refractivity contribution >= 4 is 29.4 Å². The van der Waals surface area contributed by atoms with E-state index in [4.69, 9.17) is 4.98 Å². The number of aromatic nitrogens is 1. The topological polar surface area (TPSA) is 120 Å². The number of imide groups is 2. The average molecular weight is 462 g/mol. The zero-order valence-electron chi connectivity index (χ0n) is 18.9. The highest BCUT2D eigenvalue weighted by Gasteiger charge is 2.44. The molecule has 0 bridgehead atoms. The van der Waals surface area contributed by atoms with Crippen LogP contribution in [0.5, 0.6) is 0 Å². The number of nitrogens with zero attached hydrogens (tertiary/aromatic N) is 2. The molecular weight excluding hydrogens is 434 g/mol. The van der Waals surface area contributed by atoms with E-state index in [1.165, 1.54) is 5.56 Å². The lowest BCUT2D eigenvalue weighted by molar-refractivity contribution is -0.136. The standard InChI is InChI=1S/C25H27N5O4/c31-21-10-9-20(23(32)29-21)30-24(33)18-8-5-15(13-19(18)25(30)34)14-26-11-2-4-17-7-6-16-3-1-12-27-22(16)28-17/h5-8,13,20,26H,1-4,9-12,14H2,(H,27,28)(H,29,31,32). The van der Waals surface area contributed by atoms with Crippen LogP contribution in [0.15, 0.2) is 30.3 Å². The molecule has 1 atom stereocenters. The summed E-state index contributed by atoms with van der Waals surface area (Å²) < 4.78 is 0. The number of hydrogen-bond acceptors (Lipinski definition) is 7. The third-order valence-corrected chi connectivity index (χ3v) is 6.57. The molecule has 0 saturated carbocycles. The van der Waals surface area contributed by atoms with Gasteiger partial charge < -0.3 is 10.6 Å². The maximum absolute atomic E-state index is 12.9. The summed E-state index contributed by atoms with van der Waals surface area (Å²) >= 11 is 0. The predicted molar refractivity (Wildman–Crippen MR) is 124 cm³/mol. The summed E-state index contributed by atoms with van der Waals surface area (Å²) in [7, 11) is 0. The molecule has 176 valence electrons. The van der Waals surface area contributed by atoms with E-state index in [2.05, 4.69) is 28.1 Å². The van der Waals surface area contributed by atoms with Crippen LogP contribution in [0.2, 0.25) is 0 Å². The Hall–Kier alpha value is -3.59. The molecule has 0 aliphatic carbocycles. The number of piperidine rings is 1. The molecule has 9 heteroatoms. The van der Waals surface area contributed by atoms with Crippen molar-refractivity contribution < 1.29 is 19.2 Å². The van der Waals surface area contributed by atoms with Gasteiger partial charge in [0.25, 0.3) is 11.8 Å². The average Bonchev–Trinajstić information content (AvgIpc) is 3.08. The van der Waals surface area contributed by atoms with E-state index >= 15 is 0 Å². The fraction of sp³-hybridized carbons (Fsp3) is 0.400. The maximum atomic E-state index is 12.9. The largest absolute Gasteiger partial charge is 0.370 e. The van der Waals surface area contributed by atoms with Crippen molar-refractivity contribution in [1.82, 2.24) is 20.5 Å². The van der Waals surface area contributed by atoms with Crippen molar-refractivity contribution in [2.24, 2.45) is 0 Å². The lowest BCUT2D eigenvalue weighted by Crippen LogP contribution is -2.54. The number of nitrogens with one attached hydrogen (secondary N) is 3. The van der Waals surface area contributed by atoms with Crippen LogP contribution >= 0.6 is 0 Å². The van der Waals surface area contributed by atoms with Crippen molar-refractivity contribution in [3.63, 3.8) is 0 Å². The Kier molecular flexibility index (Phi) is 6.10. The third kappa shape index (κ3) is 4.31. The van der Waals surface area contributed by atoms with E-state index in [0.29, 0.717) is 17.7 Å². The molecule has 0 radical (unpaired) electrons. The Bertz CT molecular complexity index is 1180. The number of carbonyl (C=O) groups is 4. The van der Waals surface area contributed by atoms with E-state index in [1.807, 2.05) is 6.07 Å². The van der Waals surface area contributed by atoms with E-state index < -0.39 is 23.8 Å². The second-order valence-corrected chi connectivity index (χ2v) is 8.95. The Labute approximate surface area is 197 Å². The number of pyridine rings is 1. The first-order chi connectivity index (χ1) is 16.5. The monoisotopic (exact) mass is 461 g/mol. The lowest BCUT2D eigenvalue weighted by Gasteiger charge is -2.27. The van der Waals surface area contributed by atoms with E-state index in [-0.39, 0.29) is 18.7 Å². The molecule has 3 aliphatic heterocycles. The minimum Gasteiger partial charge on any atom is -0.370 e. The fourth-order valence-electron chi connectivity index (χ4n) is 4.76. The van der Waals surface area contributed by atoms with Gasteiger partial charge in [-0.1, -0.05) is 12.1 Å². The van der Waals surface area contributed by atoms with Crippen LogP contribution < -0.4 is 16.0 Å². The van der Waals surface area contributed by atoms with Gasteiger partial charge in [0, 0.05) is 25.2 Å². The third-order valence-electron chi connectivity index (χ3n) is 6.57. The Morgan fingerprint density at radius 1 is 1.03 bits per heavy atom. The smallest absolute Gasteiger partial charge is 0.262 e. The highest BCUT2D eigenvalue weighted by molar-refractivity contribution is 6.23. The molecule has 1 unspecified atom stereocenters. The molecule has 1 aromatic carbocycles. The quantitative estimate of drug-likeness (QED) is 0.423. The van der Waals surface area contributed by atoms with Gasteiger partial charge in [-0.2, -0.15) is 0 Å². The van der Waals surface area contributed by atoms with Crippen molar-refractivity contribution in [2.75, 3.05) is 18.4 Å². The minimum atomic E-state index is -0.945. The highest BCUT2D eigenvalue weighted by Crippen LogP contribution is 2.28. The van der Waals surface area contributed by atoms with Crippen LogP contribution in [0, 0.1) is 0 Å². The summed E-state index contributed by atoms with van der Waals surface area (Å²) in [6, 6.07) is 8.50. The van der Waals surface area contributed by atoms with E-state index in [0.717, 1.165) is 60.7 Å². The molecule has 0 spiro atoms. The molecule has 5 rings (SSSR count). The molecule has 1 fully saturated rings. The summed E-state index contributed by atoms with van der Waals surface area (Å²) in [5, 5.41) is 8.96. The van der Waals surface area contributed by atoms with E-state index in [1.54, 1.807) is 12.1 Å². The van der Waals surface area contributed by atoms with Gasteiger partial charge in [0.05, 0.1) is 11.1 Å². The first-order valence-electron chi connectivity index (χ1n) is 11.8. The normalized spacial score (nSPS) is 19.5. The Morgan fingerprint density at radius 3 is 2.74 bits per heavy atom. The molecule has 2 aromatic rings. The van der Waals surface area contributed by atoms with Crippen molar-refractivity contribution in [2.45, 2.75) is 51.1 Å². The number of aryl methyl sites for hydroxylation is 2. The number of rotatable bonds is 7. The Balaban J connectivity index is 1.15. The summed E-state index contributed by atoms with van der Waals surface area (Å²) in [5.41, 5.74) is 3.85. The van der Waals surface area contributed by atoms with Crippen LogP contribution in [-0.2, 0) is 29.0 Å². The molecule has 4 amide bonds. The van der Waals surface area contributed by atoms with Crippen LogP contribution in [0.4, 0.5) is 5.82 Å². The number of fused-ring (bicyclic) bond motifs is 2. The molecule has 1 saturated heterocycles. The molecule has 4 heterocycles. The number of amides is 4. The van der Waals surface area contributed by atoms with Gasteiger partial charge in [-0.3, -0.25) is 29.4 Å². The molecule has 3 aliphatic rings. The van der Waals surface area contributed by atoms with Crippen molar-refractivity contribution in [3.8, 4) is 0 Å². The summed E-state index contributed by atoms with van der Waals surface area (Å²) in [4.78, 5) is 55.0. The van der Waals surface area contributed by atoms with Crippen molar-refractivity contribution in [3.05, 3.63) is 58.3 Å². The highest BCUT2D eigenvalue weighted by atomic mass is 16.2. The van der Waals surface area contributed by atoms with Gasteiger partial charge in [-0.05, 0) is 68.0 Å². The predicted octanol–water partition coefficient (Wildman–Crippen LogP) is 1.56. The van der Waals surface area contributed by atoms with Gasteiger partial charge in [-0.25, -0.2) is 4.98 Å². The number of anilines is 1. The summed E-state index contributed by atoms with van der Waals surface area (Å²) in [5.74, 6) is -0.938. The number of hydrogen-bond donors (Lipinski definition) is 3. The first-order valence-corrected chi connectivity index (χ1v) is 11.8. The molecule has 9 nitrogen and oxygen atoms in total. The van der Waals surface area contributed by atoms with Crippen LogP contribution in [-0.4, -0.2) is 52.6 Å². The minimum absolute atomic E-state index is 0.108. The van der Waals surface area contributed by atoms with Crippen LogP contribution in [0.3, 0.4) is 0 Å². The molecule has 1 aromatic heterocycles. The first kappa shape index (κ1) is 22.2. The fourth-order valence-corrected chi connectivity index (χ4v) is 4.76. The van der Waals surface area contributed by atoms with Gasteiger partial charge in [0.2, 0.25) is 11.8 Å². The molecular formula is C25H27N5O4.